The van der Waals surface area contributed by atoms with E-state index in [4.69, 9.17) is 0 Å². The fraction of sp³-hybridized carbons (Fsp3) is 0.500. The van der Waals surface area contributed by atoms with Crippen molar-refractivity contribution in [1.29, 1.82) is 0 Å². The molecule has 1 saturated heterocycles. The second-order valence-electron chi connectivity index (χ2n) is 5.42. The summed E-state index contributed by atoms with van der Waals surface area (Å²) in [6, 6.07) is 8.29. The third-order valence-electron chi connectivity index (χ3n) is 3.84. The Hall–Kier alpha value is -1.84. The lowest BCUT2D eigenvalue weighted by atomic mass is 9.96. The minimum Gasteiger partial charge on any atom is -0.355 e. The summed E-state index contributed by atoms with van der Waals surface area (Å²) in [5, 5.41) is 5.85. The lowest BCUT2D eigenvalue weighted by Gasteiger charge is -2.25. The summed E-state index contributed by atoms with van der Waals surface area (Å²) in [6.07, 6.45) is 1.94. The van der Waals surface area contributed by atoms with E-state index >= 15 is 0 Å². The summed E-state index contributed by atoms with van der Waals surface area (Å²) in [5.41, 5.74) is 2.34. The third kappa shape index (κ3) is 3.59. The molecule has 0 radical (unpaired) electrons. The van der Waals surface area contributed by atoms with Gasteiger partial charge in [0.2, 0.25) is 11.8 Å². The maximum atomic E-state index is 12.3. The molecule has 0 saturated carbocycles. The van der Waals surface area contributed by atoms with Crippen LogP contribution < -0.4 is 10.6 Å². The Morgan fingerprint density at radius 2 is 2.10 bits per heavy atom. The van der Waals surface area contributed by atoms with Gasteiger partial charge in [0.15, 0.2) is 0 Å². The summed E-state index contributed by atoms with van der Waals surface area (Å²) in [5.74, 6) is -0.0238. The van der Waals surface area contributed by atoms with Crippen LogP contribution in [0, 0.1) is 12.8 Å². The number of carbonyl (C=O) groups is 2. The summed E-state index contributed by atoms with van der Waals surface area (Å²) in [7, 11) is 0. The highest BCUT2D eigenvalue weighted by molar-refractivity contribution is 5.83. The average molecular weight is 274 g/mol. The molecule has 2 atom stereocenters. The maximum Gasteiger partial charge on any atom is 0.225 e. The van der Waals surface area contributed by atoms with E-state index in [1.54, 1.807) is 0 Å². The van der Waals surface area contributed by atoms with Crippen molar-refractivity contribution in [3.63, 3.8) is 0 Å². The minimum atomic E-state index is -0.104. The number of benzene rings is 1. The molecule has 108 valence electrons. The molecule has 0 bridgehead atoms. The summed E-state index contributed by atoms with van der Waals surface area (Å²) in [6.45, 7) is 4.57. The van der Waals surface area contributed by atoms with Crippen LogP contribution >= 0.6 is 0 Å². The van der Waals surface area contributed by atoms with E-state index in [1.165, 1.54) is 5.56 Å². The van der Waals surface area contributed by atoms with Gasteiger partial charge in [0.05, 0.1) is 12.0 Å². The van der Waals surface area contributed by atoms with Gasteiger partial charge in [-0.1, -0.05) is 36.8 Å². The number of nitrogens with one attached hydrogen (secondary N) is 2. The zero-order valence-electron chi connectivity index (χ0n) is 12.1. The van der Waals surface area contributed by atoms with Crippen LogP contribution in [0.3, 0.4) is 0 Å². The van der Waals surface area contributed by atoms with E-state index in [0.29, 0.717) is 19.4 Å². The quantitative estimate of drug-likeness (QED) is 0.883. The van der Waals surface area contributed by atoms with Gasteiger partial charge in [-0.25, -0.2) is 0 Å². The van der Waals surface area contributed by atoms with E-state index in [1.807, 2.05) is 6.92 Å². The van der Waals surface area contributed by atoms with Crippen molar-refractivity contribution in [2.45, 2.75) is 39.2 Å². The monoisotopic (exact) mass is 274 g/mol. The van der Waals surface area contributed by atoms with Crippen molar-refractivity contribution in [2.24, 2.45) is 5.92 Å². The molecule has 1 fully saturated rings. The molecule has 4 heteroatoms. The predicted octanol–water partition coefficient (Wildman–Crippen LogP) is 2.09. The SMILES string of the molecule is CCC(NC(=O)C1CCC(=O)NC1)c1ccc(C)cc1. The zero-order valence-corrected chi connectivity index (χ0v) is 12.1. The Bertz CT molecular complexity index is 472. The van der Waals surface area contributed by atoms with Gasteiger partial charge in [-0.2, -0.15) is 0 Å². The average Bonchev–Trinajstić information content (AvgIpc) is 2.46. The molecule has 2 N–H and O–H groups in total. The van der Waals surface area contributed by atoms with Crippen molar-refractivity contribution in [1.82, 2.24) is 10.6 Å². The van der Waals surface area contributed by atoms with Gasteiger partial charge in [0.1, 0.15) is 0 Å². The highest BCUT2D eigenvalue weighted by Gasteiger charge is 2.25. The third-order valence-corrected chi connectivity index (χ3v) is 3.84. The molecule has 2 rings (SSSR count). The maximum absolute atomic E-state index is 12.3. The standard InChI is InChI=1S/C16H22N2O2/c1-3-14(12-6-4-11(2)5-7-12)18-16(20)13-8-9-15(19)17-10-13/h4-7,13-14H,3,8-10H2,1-2H3,(H,17,19)(H,18,20). The number of amides is 2. The van der Waals surface area contributed by atoms with E-state index < -0.39 is 0 Å². The molecule has 0 aromatic heterocycles. The molecule has 1 aromatic carbocycles. The van der Waals surface area contributed by atoms with Crippen molar-refractivity contribution in [3.8, 4) is 0 Å². The molecule has 1 aromatic rings. The summed E-state index contributed by atoms with van der Waals surface area (Å²) >= 11 is 0. The number of piperidine rings is 1. The Balaban J connectivity index is 1.97. The normalized spacial score (nSPS) is 20.1. The lowest BCUT2D eigenvalue weighted by molar-refractivity contribution is -0.129. The van der Waals surface area contributed by atoms with Crippen LogP contribution in [0.15, 0.2) is 24.3 Å². The van der Waals surface area contributed by atoms with Gasteiger partial charge in [0.25, 0.3) is 0 Å². The van der Waals surface area contributed by atoms with Crippen molar-refractivity contribution < 1.29 is 9.59 Å². The fourth-order valence-corrected chi connectivity index (χ4v) is 2.47. The minimum absolute atomic E-state index is 0.0393. The highest BCUT2D eigenvalue weighted by Crippen LogP contribution is 2.19. The number of rotatable bonds is 4. The van der Waals surface area contributed by atoms with Crippen molar-refractivity contribution in [2.75, 3.05) is 6.54 Å². The van der Waals surface area contributed by atoms with Crippen LogP contribution in [0.2, 0.25) is 0 Å². The van der Waals surface area contributed by atoms with Crippen molar-refractivity contribution in [3.05, 3.63) is 35.4 Å². The lowest BCUT2D eigenvalue weighted by Crippen LogP contribution is -2.43. The van der Waals surface area contributed by atoms with Gasteiger partial charge in [-0.05, 0) is 25.3 Å². The van der Waals surface area contributed by atoms with Gasteiger partial charge < -0.3 is 10.6 Å². The Morgan fingerprint density at radius 3 is 2.65 bits per heavy atom. The smallest absolute Gasteiger partial charge is 0.225 e. The number of aryl methyl sites for hydroxylation is 1. The van der Waals surface area contributed by atoms with Crippen LogP contribution in [0.25, 0.3) is 0 Å². The molecule has 2 unspecified atom stereocenters. The van der Waals surface area contributed by atoms with Crippen LogP contribution in [-0.2, 0) is 9.59 Å². The Kier molecular flexibility index (Phi) is 4.77. The number of carbonyl (C=O) groups excluding carboxylic acids is 2. The molecular weight excluding hydrogens is 252 g/mol. The molecule has 0 aliphatic carbocycles. The van der Waals surface area contributed by atoms with E-state index in [-0.39, 0.29) is 23.8 Å². The first-order valence-electron chi connectivity index (χ1n) is 7.23. The first kappa shape index (κ1) is 14.6. The van der Waals surface area contributed by atoms with Gasteiger partial charge in [0, 0.05) is 13.0 Å². The fourth-order valence-electron chi connectivity index (χ4n) is 2.47. The van der Waals surface area contributed by atoms with Gasteiger partial charge in [-0.15, -0.1) is 0 Å². The molecule has 4 nitrogen and oxygen atoms in total. The summed E-state index contributed by atoms with van der Waals surface area (Å²) < 4.78 is 0. The first-order chi connectivity index (χ1) is 9.60. The molecule has 0 spiro atoms. The van der Waals surface area contributed by atoms with Crippen LogP contribution in [0.4, 0.5) is 0 Å². The van der Waals surface area contributed by atoms with E-state index in [0.717, 1.165) is 12.0 Å². The van der Waals surface area contributed by atoms with Crippen LogP contribution in [0.1, 0.15) is 43.4 Å². The van der Waals surface area contributed by atoms with E-state index in [2.05, 4.69) is 41.8 Å². The molecule has 1 heterocycles. The van der Waals surface area contributed by atoms with Gasteiger partial charge in [-0.3, -0.25) is 9.59 Å². The van der Waals surface area contributed by atoms with Crippen LogP contribution in [0.5, 0.6) is 0 Å². The van der Waals surface area contributed by atoms with Crippen LogP contribution in [-0.4, -0.2) is 18.4 Å². The molecule has 20 heavy (non-hydrogen) atoms. The largest absolute Gasteiger partial charge is 0.355 e. The molecular formula is C16H22N2O2. The Morgan fingerprint density at radius 1 is 1.40 bits per heavy atom. The highest BCUT2D eigenvalue weighted by atomic mass is 16.2. The molecule has 1 aliphatic rings. The summed E-state index contributed by atoms with van der Waals surface area (Å²) in [4.78, 5) is 23.4. The van der Waals surface area contributed by atoms with E-state index in [9.17, 15) is 9.59 Å². The molecule has 2 amide bonds. The predicted molar refractivity (Wildman–Crippen MR) is 78.1 cm³/mol. The topological polar surface area (TPSA) is 58.2 Å². The second-order valence-corrected chi connectivity index (χ2v) is 5.42. The number of hydrogen-bond donors (Lipinski definition) is 2. The molecule has 1 aliphatic heterocycles. The second kappa shape index (κ2) is 6.55. The first-order valence-corrected chi connectivity index (χ1v) is 7.23. The van der Waals surface area contributed by atoms with Gasteiger partial charge >= 0.3 is 0 Å². The Labute approximate surface area is 119 Å². The number of hydrogen-bond acceptors (Lipinski definition) is 2. The zero-order chi connectivity index (χ0) is 14.5. The van der Waals surface area contributed by atoms with Crippen molar-refractivity contribution >= 4 is 11.8 Å².